The van der Waals surface area contributed by atoms with Crippen molar-refractivity contribution in [2.75, 3.05) is 12.3 Å². The summed E-state index contributed by atoms with van der Waals surface area (Å²) in [6.07, 6.45) is 4.40. The fraction of sp³-hybridized carbons (Fsp3) is 0.250. The molecule has 5 nitrogen and oxygen atoms in total. The minimum Gasteiger partial charge on any atom is -0.398 e. The van der Waals surface area contributed by atoms with Crippen molar-refractivity contribution in [3.63, 3.8) is 0 Å². The van der Waals surface area contributed by atoms with Gasteiger partial charge in [-0.25, -0.2) is 0 Å². The first-order valence-corrected chi connectivity index (χ1v) is 5.23. The third kappa shape index (κ3) is 4.01. The summed E-state index contributed by atoms with van der Waals surface area (Å²) in [4.78, 5) is 13.8. The van der Waals surface area contributed by atoms with Crippen molar-refractivity contribution in [1.82, 2.24) is 0 Å². The number of nitrogens with zero attached hydrogens (tertiary/aromatic N) is 3. The maximum Gasteiger partial charge on any atom is 0.159 e. The van der Waals surface area contributed by atoms with Gasteiger partial charge in [0.2, 0.25) is 0 Å². The first-order valence-electron chi connectivity index (χ1n) is 5.23. The topological polar surface area (TPSA) is 91.8 Å². The van der Waals surface area contributed by atoms with E-state index >= 15 is 0 Å². The van der Waals surface area contributed by atoms with E-state index in [-0.39, 0.29) is 5.78 Å². The smallest absolute Gasteiger partial charge is 0.159 e. The number of Topliss-reactive ketones (excluding diaryl/α,β-unsaturated/α-hetero) is 1. The molecule has 0 spiro atoms. The maximum absolute atomic E-state index is 11.1. The molecule has 1 aromatic carbocycles. The maximum atomic E-state index is 11.1. The zero-order valence-electron chi connectivity index (χ0n) is 9.63. The predicted octanol–water partition coefficient (Wildman–Crippen LogP) is 3.19. The van der Waals surface area contributed by atoms with E-state index in [1.54, 1.807) is 18.2 Å². The Labute approximate surface area is 99.6 Å². The van der Waals surface area contributed by atoms with Crippen molar-refractivity contribution in [1.29, 1.82) is 0 Å². The van der Waals surface area contributed by atoms with Gasteiger partial charge < -0.3 is 5.73 Å². The molecular formula is C12H14N4O. The minimum atomic E-state index is -0.00409. The highest BCUT2D eigenvalue weighted by molar-refractivity contribution is 5.95. The quantitative estimate of drug-likeness (QED) is 0.210. The monoisotopic (exact) mass is 230 g/mol. The van der Waals surface area contributed by atoms with Gasteiger partial charge in [0, 0.05) is 22.7 Å². The lowest BCUT2D eigenvalue weighted by atomic mass is 10.1. The zero-order chi connectivity index (χ0) is 12.7. The first-order chi connectivity index (χ1) is 8.15. The Morgan fingerprint density at radius 2 is 2.35 bits per heavy atom. The van der Waals surface area contributed by atoms with Crippen LogP contribution in [0.1, 0.15) is 29.3 Å². The number of nitrogen functional groups attached to an aromatic ring is 1. The van der Waals surface area contributed by atoms with Gasteiger partial charge in [0.25, 0.3) is 0 Å². The molecule has 0 radical (unpaired) electrons. The molecule has 0 aliphatic rings. The summed E-state index contributed by atoms with van der Waals surface area (Å²) in [6, 6.07) is 5.21. The summed E-state index contributed by atoms with van der Waals surface area (Å²) in [7, 11) is 0. The second kappa shape index (κ2) is 6.35. The van der Waals surface area contributed by atoms with E-state index in [0.717, 1.165) is 5.56 Å². The molecule has 1 aromatic rings. The molecule has 0 fully saturated rings. The van der Waals surface area contributed by atoms with Crippen LogP contribution in [0, 0.1) is 0 Å². The summed E-state index contributed by atoms with van der Waals surface area (Å²) in [5.41, 5.74) is 15.9. The number of nitrogens with two attached hydrogens (primary N) is 1. The highest BCUT2D eigenvalue weighted by Crippen LogP contribution is 2.16. The molecule has 0 aromatic heterocycles. The summed E-state index contributed by atoms with van der Waals surface area (Å²) >= 11 is 0. The highest BCUT2D eigenvalue weighted by Gasteiger charge is 2.01. The van der Waals surface area contributed by atoms with E-state index in [9.17, 15) is 4.79 Å². The average Bonchev–Trinajstić information content (AvgIpc) is 2.30. The SMILES string of the molecule is CC(=O)c1ccc(C=CCCN=[N+]=[N-])c(N)c1. The molecular weight excluding hydrogens is 216 g/mol. The standard InChI is InChI=1S/C12H14N4O/c1-9(17)11-6-5-10(12(13)8-11)4-2-3-7-15-16-14/h2,4-6,8H,3,7,13H2,1H3. The largest absolute Gasteiger partial charge is 0.398 e. The Morgan fingerprint density at radius 1 is 1.59 bits per heavy atom. The van der Waals surface area contributed by atoms with Crippen molar-refractivity contribution in [3.05, 3.63) is 45.8 Å². The number of benzene rings is 1. The van der Waals surface area contributed by atoms with E-state index < -0.39 is 0 Å². The van der Waals surface area contributed by atoms with E-state index in [4.69, 9.17) is 11.3 Å². The second-order valence-corrected chi connectivity index (χ2v) is 3.55. The number of ketones is 1. The van der Waals surface area contributed by atoms with Crippen LogP contribution in [0.4, 0.5) is 5.69 Å². The van der Waals surface area contributed by atoms with Crippen LogP contribution in [0.15, 0.2) is 29.4 Å². The number of anilines is 1. The molecule has 2 N–H and O–H groups in total. The van der Waals surface area contributed by atoms with Crippen molar-refractivity contribution >= 4 is 17.5 Å². The van der Waals surface area contributed by atoms with Crippen LogP contribution in [0.3, 0.4) is 0 Å². The molecule has 0 aliphatic carbocycles. The molecule has 0 bridgehead atoms. The molecule has 0 aliphatic heterocycles. The zero-order valence-corrected chi connectivity index (χ0v) is 9.63. The number of rotatable bonds is 5. The van der Waals surface area contributed by atoms with Crippen LogP contribution in [-0.4, -0.2) is 12.3 Å². The lowest BCUT2D eigenvalue weighted by Crippen LogP contribution is -1.96. The molecule has 0 saturated carbocycles. The van der Waals surface area contributed by atoms with Gasteiger partial charge in [0.1, 0.15) is 0 Å². The van der Waals surface area contributed by atoms with E-state index in [1.165, 1.54) is 6.92 Å². The van der Waals surface area contributed by atoms with Gasteiger partial charge in [0.15, 0.2) is 5.78 Å². The molecule has 1 rings (SSSR count). The Kier molecular flexibility index (Phi) is 4.78. The van der Waals surface area contributed by atoms with Gasteiger partial charge >= 0.3 is 0 Å². The number of hydrogen-bond donors (Lipinski definition) is 1. The molecule has 0 atom stereocenters. The Hall–Kier alpha value is -2.26. The third-order valence-corrected chi connectivity index (χ3v) is 2.25. The van der Waals surface area contributed by atoms with Gasteiger partial charge in [-0.05, 0) is 30.5 Å². The van der Waals surface area contributed by atoms with Crippen LogP contribution in [0.2, 0.25) is 0 Å². The Morgan fingerprint density at radius 3 is 2.94 bits per heavy atom. The van der Waals surface area contributed by atoms with Gasteiger partial charge in [-0.15, -0.1) is 0 Å². The number of hydrogen-bond acceptors (Lipinski definition) is 3. The van der Waals surface area contributed by atoms with Crippen molar-refractivity contribution in [2.24, 2.45) is 5.11 Å². The van der Waals surface area contributed by atoms with Crippen LogP contribution in [0.5, 0.6) is 0 Å². The van der Waals surface area contributed by atoms with Crippen LogP contribution < -0.4 is 5.73 Å². The summed E-state index contributed by atoms with van der Waals surface area (Å²) in [5.74, 6) is -0.00409. The normalized spacial score (nSPS) is 10.2. The molecule has 0 unspecified atom stereocenters. The Balaban J connectivity index is 2.72. The summed E-state index contributed by atoms with van der Waals surface area (Å²) in [6.45, 7) is 1.93. The number of carbonyl (C=O) groups excluding carboxylic acids is 1. The first kappa shape index (κ1) is 12.8. The predicted molar refractivity (Wildman–Crippen MR) is 68.5 cm³/mol. The summed E-state index contributed by atoms with van der Waals surface area (Å²) < 4.78 is 0. The lowest BCUT2D eigenvalue weighted by molar-refractivity contribution is 0.101. The minimum absolute atomic E-state index is 0.00409. The summed E-state index contributed by atoms with van der Waals surface area (Å²) in [5, 5.41) is 3.42. The van der Waals surface area contributed by atoms with Gasteiger partial charge in [-0.1, -0.05) is 29.4 Å². The average molecular weight is 230 g/mol. The van der Waals surface area contributed by atoms with Crippen LogP contribution in [-0.2, 0) is 0 Å². The fourth-order valence-corrected chi connectivity index (χ4v) is 1.33. The number of carbonyl (C=O) groups is 1. The lowest BCUT2D eigenvalue weighted by Gasteiger charge is -2.02. The second-order valence-electron chi connectivity index (χ2n) is 3.55. The van der Waals surface area contributed by atoms with Crippen molar-refractivity contribution in [2.45, 2.75) is 13.3 Å². The molecule has 5 heteroatoms. The Bertz CT molecular complexity index is 487. The number of azide groups is 1. The van der Waals surface area contributed by atoms with E-state index in [0.29, 0.717) is 24.2 Å². The fourth-order valence-electron chi connectivity index (χ4n) is 1.33. The van der Waals surface area contributed by atoms with E-state index in [1.807, 2.05) is 12.2 Å². The molecule has 0 heterocycles. The van der Waals surface area contributed by atoms with Crippen molar-refractivity contribution in [3.8, 4) is 0 Å². The molecule has 88 valence electrons. The molecule has 0 saturated heterocycles. The molecule has 0 amide bonds. The van der Waals surface area contributed by atoms with E-state index in [2.05, 4.69) is 10.0 Å². The van der Waals surface area contributed by atoms with Crippen LogP contribution >= 0.6 is 0 Å². The van der Waals surface area contributed by atoms with Gasteiger partial charge in [-0.3, -0.25) is 4.79 Å². The van der Waals surface area contributed by atoms with Crippen LogP contribution in [0.25, 0.3) is 16.5 Å². The van der Waals surface area contributed by atoms with Crippen molar-refractivity contribution < 1.29 is 4.79 Å². The van der Waals surface area contributed by atoms with Gasteiger partial charge in [-0.2, -0.15) is 0 Å². The van der Waals surface area contributed by atoms with Gasteiger partial charge in [0.05, 0.1) is 0 Å². The highest BCUT2D eigenvalue weighted by atomic mass is 16.1. The molecule has 17 heavy (non-hydrogen) atoms. The third-order valence-electron chi connectivity index (χ3n) is 2.25.